The molecule has 0 spiro atoms. The smallest absolute Gasteiger partial charge is 0.0618 e. The van der Waals surface area contributed by atoms with Crippen molar-refractivity contribution in [1.29, 1.82) is 0 Å². The first-order valence-electron chi connectivity index (χ1n) is 2.67. The summed E-state index contributed by atoms with van der Waals surface area (Å²) in [4.78, 5) is 3.93. The highest BCUT2D eigenvalue weighted by molar-refractivity contribution is 5.70. The van der Waals surface area contributed by atoms with Gasteiger partial charge in [-0.2, -0.15) is 0 Å². The van der Waals surface area contributed by atoms with Gasteiger partial charge in [0.15, 0.2) is 0 Å². The average Bonchev–Trinajstić information content (AvgIpc) is 1.55. The molecule has 1 unspecified atom stereocenters. The Morgan fingerprint density at radius 2 is 2.71 bits per heavy atom. The van der Waals surface area contributed by atoms with E-state index in [1.165, 1.54) is 0 Å². The fourth-order valence-electron chi connectivity index (χ4n) is 0.590. The van der Waals surface area contributed by atoms with Crippen LogP contribution in [0.3, 0.4) is 0 Å². The van der Waals surface area contributed by atoms with Gasteiger partial charge in [0, 0.05) is 6.21 Å². The van der Waals surface area contributed by atoms with Crippen LogP contribution in [-0.2, 0) is 0 Å². The lowest BCUT2D eigenvalue weighted by Crippen LogP contribution is -2.38. The molecule has 1 heterocycles. The van der Waals surface area contributed by atoms with Gasteiger partial charge >= 0.3 is 0 Å². The van der Waals surface area contributed by atoms with Crippen molar-refractivity contribution < 1.29 is 0 Å². The summed E-state index contributed by atoms with van der Waals surface area (Å²) in [5.74, 6) is 0. The van der Waals surface area contributed by atoms with Crippen LogP contribution in [0.15, 0.2) is 4.99 Å². The normalized spacial score (nSPS) is 27.3. The first-order valence-corrected chi connectivity index (χ1v) is 2.67. The summed E-state index contributed by atoms with van der Waals surface area (Å²) in [6.45, 7) is 4.14. The molecule has 7 heavy (non-hydrogen) atoms. The number of nitrogens with zero attached hydrogens (tertiary/aromatic N) is 1. The predicted molar refractivity (Wildman–Crippen MR) is 30.8 cm³/mol. The molecule has 0 aromatic carbocycles. The Bertz CT molecular complexity index is 78.1. The monoisotopic (exact) mass is 98.1 g/mol. The topological polar surface area (TPSA) is 24.4 Å². The molecular weight excluding hydrogens is 88.1 g/mol. The molecule has 1 atom stereocenters. The van der Waals surface area contributed by atoms with Crippen LogP contribution in [0.1, 0.15) is 6.92 Å². The molecule has 0 bridgehead atoms. The largest absolute Gasteiger partial charge is 0.308 e. The number of likely N-dealkylation sites (N-methyl/N-ethyl adjacent to an activating group) is 1. The summed E-state index contributed by atoms with van der Waals surface area (Å²) in [5, 5.41) is 3.23. The number of aliphatic imine (C=N–C) groups is 1. The van der Waals surface area contributed by atoms with Gasteiger partial charge in [-0.05, 0) is 6.54 Å². The molecule has 0 radical (unpaired) electrons. The minimum absolute atomic E-state index is 0.588. The van der Waals surface area contributed by atoms with E-state index in [2.05, 4.69) is 17.2 Å². The lowest BCUT2D eigenvalue weighted by molar-refractivity contribution is 0.625. The molecule has 0 aromatic heterocycles. The Morgan fingerprint density at radius 3 is 2.86 bits per heavy atom. The Hall–Kier alpha value is -0.370. The molecule has 0 aromatic rings. The van der Waals surface area contributed by atoms with E-state index < -0.39 is 0 Å². The van der Waals surface area contributed by atoms with E-state index in [9.17, 15) is 0 Å². The Balaban J connectivity index is 2.06. The van der Waals surface area contributed by atoms with E-state index in [-0.39, 0.29) is 0 Å². The molecule has 1 rings (SSSR count). The van der Waals surface area contributed by atoms with Crippen molar-refractivity contribution in [3.8, 4) is 0 Å². The van der Waals surface area contributed by atoms with Crippen molar-refractivity contribution in [2.45, 2.75) is 13.0 Å². The zero-order valence-electron chi connectivity index (χ0n) is 4.52. The number of hydrogen-bond donors (Lipinski definition) is 1. The quantitative estimate of drug-likeness (QED) is 0.518. The van der Waals surface area contributed by atoms with Crippen molar-refractivity contribution in [3.05, 3.63) is 0 Å². The van der Waals surface area contributed by atoms with Gasteiger partial charge in [0.1, 0.15) is 0 Å². The predicted octanol–water partition coefficient (Wildman–Crippen LogP) is 0.0489. The van der Waals surface area contributed by atoms with Crippen molar-refractivity contribution in [3.63, 3.8) is 0 Å². The van der Waals surface area contributed by atoms with Crippen molar-refractivity contribution in [2.24, 2.45) is 4.99 Å². The zero-order chi connectivity index (χ0) is 5.11. The fraction of sp³-hybridized carbons (Fsp3) is 0.800. The molecule has 40 valence electrons. The van der Waals surface area contributed by atoms with E-state index >= 15 is 0 Å². The molecule has 1 aliphatic rings. The minimum atomic E-state index is 0.588. The highest BCUT2D eigenvalue weighted by Gasteiger charge is 2.07. The molecule has 1 N–H and O–H groups in total. The fourth-order valence-corrected chi connectivity index (χ4v) is 0.590. The lowest BCUT2D eigenvalue weighted by Gasteiger charge is -2.16. The van der Waals surface area contributed by atoms with Crippen LogP contribution in [0.25, 0.3) is 0 Å². The maximum absolute atomic E-state index is 3.93. The number of hydrogen-bond acceptors (Lipinski definition) is 2. The SMILES string of the molecule is CCNC1C=NC1. The number of nitrogens with one attached hydrogen (secondary N) is 1. The van der Waals surface area contributed by atoms with Crippen LogP contribution in [-0.4, -0.2) is 25.3 Å². The molecule has 0 saturated carbocycles. The third kappa shape index (κ3) is 0.996. The second-order valence-corrected chi connectivity index (χ2v) is 1.68. The lowest BCUT2D eigenvalue weighted by atomic mass is 10.2. The van der Waals surface area contributed by atoms with Crippen molar-refractivity contribution >= 4 is 6.21 Å². The summed E-state index contributed by atoms with van der Waals surface area (Å²) >= 11 is 0. The van der Waals surface area contributed by atoms with Gasteiger partial charge in [-0.15, -0.1) is 0 Å². The van der Waals surface area contributed by atoms with E-state index in [4.69, 9.17) is 0 Å². The van der Waals surface area contributed by atoms with Crippen molar-refractivity contribution in [1.82, 2.24) is 5.32 Å². The Morgan fingerprint density at radius 1 is 2.00 bits per heavy atom. The van der Waals surface area contributed by atoms with Crippen LogP contribution in [0.2, 0.25) is 0 Å². The first kappa shape index (κ1) is 4.78. The average molecular weight is 98.1 g/mol. The third-order valence-electron chi connectivity index (χ3n) is 1.05. The van der Waals surface area contributed by atoms with Crippen LogP contribution >= 0.6 is 0 Å². The standard InChI is InChI=1S/C5H10N2/c1-2-7-5-3-6-4-5/h3,5,7H,2,4H2,1H3. The molecule has 2 nitrogen and oxygen atoms in total. The molecule has 1 aliphatic heterocycles. The second-order valence-electron chi connectivity index (χ2n) is 1.68. The summed E-state index contributed by atoms with van der Waals surface area (Å²) in [6.07, 6.45) is 1.95. The van der Waals surface area contributed by atoms with Crippen LogP contribution in [0.4, 0.5) is 0 Å². The third-order valence-corrected chi connectivity index (χ3v) is 1.05. The second kappa shape index (κ2) is 2.07. The van der Waals surface area contributed by atoms with Crippen molar-refractivity contribution in [2.75, 3.05) is 13.1 Å². The highest BCUT2D eigenvalue weighted by Crippen LogP contribution is 1.89. The molecular formula is C5H10N2. The van der Waals surface area contributed by atoms with Gasteiger partial charge < -0.3 is 5.32 Å². The molecule has 2 heteroatoms. The Kier molecular flexibility index (Phi) is 1.42. The molecule has 0 fully saturated rings. The first-order chi connectivity index (χ1) is 3.43. The van der Waals surface area contributed by atoms with Gasteiger partial charge in [-0.3, -0.25) is 4.99 Å². The van der Waals surface area contributed by atoms with Gasteiger partial charge in [0.25, 0.3) is 0 Å². The maximum Gasteiger partial charge on any atom is 0.0618 e. The zero-order valence-corrected chi connectivity index (χ0v) is 4.52. The van der Waals surface area contributed by atoms with Gasteiger partial charge in [-0.1, -0.05) is 6.92 Å². The molecule has 0 amide bonds. The van der Waals surface area contributed by atoms with Crippen LogP contribution in [0, 0.1) is 0 Å². The van der Waals surface area contributed by atoms with Gasteiger partial charge in [0.2, 0.25) is 0 Å². The maximum atomic E-state index is 3.93. The minimum Gasteiger partial charge on any atom is -0.308 e. The van der Waals surface area contributed by atoms with Gasteiger partial charge in [0.05, 0.1) is 12.6 Å². The summed E-state index contributed by atoms with van der Waals surface area (Å²) in [7, 11) is 0. The summed E-state index contributed by atoms with van der Waals surface area (Å²) < 4.78 is 0. The van der Waals surface area contributed by atoms with Crippen LogP contribution in [0.5, 0.6) is 0 Å². The molecule has 0 aliphatic carbocycles. The summed E-state index contributed by atoms with van der Waals surface area (Å²) in [5.41, 5.74) is 0. The Labute approximate surface area is 43.6 Å². The van der Waals surface area contributed by atoms with Gasteiger partial charge in [-0.25, -0.2) is 0 Å². The highest BCUT2D eigenvalue weighted by atomic mass is 15.0. The van der Waals surface area contributed by atoms with E-state index in [1.807, 2.05) is 6.21 Å². The van der Waals surface area contributed by atoms with E-state index in [0.29, 0.717) is 6.04 Å². The summed E-state index contributed by atoms with van der Waals surface area (Å²) in [6, 6.07) is 0.588. The molecule has 0 saturated heterocycles. The van der Waals surface area contributed by atoms with Crippen LogP contribution < -0.4 is 5.32 Å². The van der Waals surface area contributed by atoms with E-state index in [1.54, 1.807) is 0 Å². The van der Waals surface area contributed by atoms with E-state index in [0.717, 1.165) is 13.1 Å². The number of rotatable bonds is 2.